The summed E-state index contributed by atoms with van der Waals surface area (Å²) < 4.78 is 11.5. The maximum absolute atomic E-state index is 12.9. The van der Waals surface area contributed by atoms with Gasteiger partial charge < -0.3 is 19.4 Å². The van der Waals surface area contributed by atoms with Crippen molar-refractivity contribution in [1.29, 1.82) is 0 Å². The van der Waals surface area contributed by atoms with Gasteiger partial charge in [-0.2, -0.15) is 0 Å². The van der Waals surface area contributed by atoms with E-state index < -0.39 is 5.97 Å². The van der Waals surface area contributed by atoms with Crippen molar-refractivity contribution in [3.05, 3.63) is 58.5 Å². The van der Waals surface area contributed by atoms with Gasteiger partial charge in [0.25, 0.3) is 5.91 Å². The zero-order valence-electron chi connectivity index (χ0n) is 16.5. The molecule has 1 aliphatic heterocycles. The van der Waals surface area contributed by atoms with Gasteiger partial charge in [-0.3, -0.25) is 9.69 Å². The summed E-state index contributed by atoms with van der Waals surface area (Å²) in [6.45, 7) is 2.70. The van der Waals surface area contributed by atoms with E-state index in [1.807, 2.05) is 12.1 Å². The summed E-state index contributed by atoms with van der Waals surface area (Å²) in [6, 6.07) is 11.4. The summed E-state index contributed by atoms with van der Waals surface area (Å²) in [4.78, 5) is 25.8. The van der Waals surface area contributed by atoms with Gasteiger partial charge in [0.15, 0.2) is 15.8 Å². The lowest BCUT2D eigenvalue weighted by molar-refractivity contribution is -0.255. The van der Waals surface area contributed by atoms with Gasteiger partial charge in [-0.05, 0) is 47.9 Å². The van der Waals surface area contributed by atoms with Crippen molar-refractivity contribution < 1.29 is 24.2 Å². The Balaban J connectivity index is 1.85. The van der Waals surface area contributed by atoms with Gasteiger partial charge in [0.1, 0.15) is 0 Å². The molecule has 3 rings (SSSR count). The van der Waals surface area contributed by atoms with Crippen LogP contribution in [0, 0.1) is 0 Å². The molecule has 0 N–H and O–H groups in total. The van der Waals surface area contributed by atoms with Crippen molar-refractivity contribution in [2.75, 3.05) is 18.6 Å². The summed E-state index contributed by atoms with van der Waals surface area (Å²) in [6.07, 6.45) is 3.71. The van der Waals surface area contributed by atoms with Crippen LogP contribution in [-0.4, -0.2) is 29.9 Å². The summed E-state index contributed by atoms with van der Waals surface area (Å²) in [5.41, 5.74) is 1.13. The van der Waals surface area contributed by atoms with E-state index in [4.69, 9.17) is 21.7 Å². The molecule has 0 aliphatic carbocycles. The molecule has 8 heteroatoms. The maximum Gasteiger partial charge on any atom is 0.270 e. The number of carboxylic acid groups (broad SMARTS) is 1. The SMILES string of the molecule is CCCCOc1ccc(/C=C2/SC(=S)N(c3cccc(C(=O)[O-])c3)C2=O)cc1OC. The molecule has 2 aromatic rings. The first-order chi connectivity index (χ1) is 14.4. The Hall–Kier alpha value is -2.84. The predicted octanol–water partition coefficient (Wildman–Crippen LogP) is 3.64. The predicted molar refractivity (Wildman–Crippen MR) is 120 cm³/mol. The largest absolute Gasteiger partial charge is 0.545 e. The smallest absolute Gasteiger partial charge is 0.270 e. The highest BCUT2D eigenvalue weighted by Gasteiger charge is 2.33. The van der Waals surface area contributed by atoms with Gasteiger partial charge >= 0.3 is 0 Å². The third-order valence-electron chi connectivity index (χ3n) is 4.37. The van der Waals surface area contributed by atoms with Crippen LogP contribution in [0.15, 0.2) is 47.4 Å². The highest BCUT2D eigenvalue weighted by molar-refractivity contribution is 8.27. The van der Waals surface area contributed by atoms with Crippen molar-refractivity contribution in [3.63, 3.8) is 0 Å². The Morgan fingerprint density at radius 3 is 2.73 bits per heavy atom. The van der Waals surface area contributed by atoms with Gasteiger partial charge in [-0.15, -0.1) is 0 Å². The number of rotatable bonds is 8. The first-order valence-corrected chi connectivity index (χ1v) is 10.6. The fraction of sp³-hybridized carbons (Fsp3) is 0.227. The van der Waals surface area contributed by atoms with E-state index >= 15 is 0 Å². The van der Waals surface area contributed by atoms with Crippen LogP contribution in [0.5, 0.6) is 11.5 Å². The van der Waals surface area contributed by atoms with Crippen LogP contribution in [0.4, 0.5) is 5.69 Å². The average molecular weight is 443 g/mol. The quantitative estimate of drug-likeness (QED) is 0.351. The van der Waals surface area contributed by atoms with Crippen LogP contribution in [-0.2, 0) is 4.79 Å². The number of hydrogen-bond donors (Lipinski definition) is 0. The van der Waals surface area contributed by atoms with Crippen LogP contribution in [0.25, 0.3) is 6.08 Å². The van der Waals surface area contributed by atoms with Crippen molar-refractivity contribution in [1.82, 2.24) is 0 Å². The lowest BCUT2D eigenvalue weighted by atomic mass is 10.1. The van der Waals surface area contributed by atoms with Gasteiger partial charge in [-0.25, -0.2) is 0 Å². The number of benzene rings is 2. The number of thiocarbonyl (C=S) groups is 1. The summed E-state index contributed by atoms with van der Waals surface area (Å²) >= 11 is 6.50. The van der Waals surface area contributed by atoms with Crippen LogP contribution >= 0.6 is 24.0 Å². The molecule has 1 fully saturated rings. The highest BCUT2D eigenvalue weighted by atomic mass is 32.2. The van der Waals surface area contributed by atoms with Crippen molar-refractivity contribution in [2.45, 2.75) is 19.8 Å². The summed E-state index contributed by atoms with van der Waals surface area (Å²) in [5.74, 6) is -0.402. The van der Waals surface area contributed by atoms with E-state index in [1.54, 1.807) is 31.4 Å². The van der Waals surface area contributed by atoms with Crippen LogP contribution in [0.2, 0.25) is 0 Å². The number of aromatic carboxylic acids is 1. The second kappa shape index (κ2) is 9.77. The minimum atomic E-state index is -1.31. The number of unbranched alkanes of at least 4 members (excludes halogenated alkanes) is 1. The Morgan fingerprint density at radius 1 is 1.23 bits per heavy atom. The molecule has 1 aliphatic rings. The number of carboxylic acids is 1. The molecule has 0 atom stereocenters. The van der Waals surface area contributed by atoms with Gasteiger partial charge in [-0.1, -0.05) is 55.5 Å². The topological polar surface area (TPSA) is 78.9 Å². The Morgan fingerprint density at radius 2 is 2.03 bits per heavy atom. The first-order valence-electron chi connectivity index (χ1n) is 9.34. The molecular weight excluding hydrogens is 422 g/mol. The molecular formula is C22H20NO5S2-. The number of nitrogens with zero attached hydrogens (tertiary/aromatic N) is 1. The third kappa shape index (κ3) is 4.83. The molecule has 0 saturated carbocycles. The second-order valence-electron chi connectivity index (χ2n) is 6.47. The maximum atomic E-state index is 12.9. The van der Waals surface area contributed by atoms with Gasteiger partial charge in [0.05, 0.1) is 30.3 Å². The number of amides is 1. The van der Waals surface area contributed by atoms with E-state index in [0.29, 0.717) is 33.0 Å². The zero-order valence-corrected chi connectivity index (χ0v) is 18.2. The normalized spacial score (nSPS) is 15.0. The van der Waals surface area contributed by atoms with E-state index in [0.717, 1.165) is 30.2 Å². The molecule has 0 radical (unpaired) electrons. The molecule has 1 heterocycles. The fourth-order valence-corrected chi connectivity index (χ4v) is 4.13. The van der Waals surface area contributed by atoms with Crippen molar-refractivity contribution in [2.24, 2.45) is 0 Å². The number of methoxy groups -OCH3 is 1. The van der Waals surface area contributed by atoms with Crippen molar-refractivity contribution >= 4 is 51.9 Å². The second-order valence-corrected chi connectivity index (χ2v) is 8.14. The molecule has 0 unspecified atom stereocenters. The molecule has 156 valence electrons. The number of carbonyl (C=O) groups excluding carboxylic acids is 2. The monoisotopic (exact) mass is 442 g/mol. The lowest BCUT2D eigenvalue weighted by Crippen LogP contribution is -2.28. The van der Waals surface area contributed by atoms with E-state index in [9.17, 15) is 14.7 Å². The van der Waals surface area contributed by atoms with Gasteiger partial charge in [0.2, 0.25) is 0 Å². The molecule has 1 saturated heterocycles. The van der Waals surface area contributed by atoms with E-state index in [-0.39, 0.29) is 11.5 Å². The standard InChI is InChI=1S/C22H21NO5S2/c1-3-4-10-28-17-9-8-14(11-18(17)27-2)12-19-20(24)23(22(29)30-19)16-7-5-6-15(13-16)21(25)26/h5-9,11-13H,3-4,10H2,1-2H3,(H,25,26)/p-1/b19-12+. The molecule has 0 aromatic heterocycles. The van der Waals surface area contributed by atoms with E-state index in [2.05, 4.69) is 6.92 Å². The van der Waals surface area contributed by atoms with E-state index in [1.165, 1.54) is 17.0 Å². The van der Waals surface area contributed by atoms with Crippen molar-refractivity contribution in [3.8, 4) is 11.5 Å². The first kappa shape index (κ1) is 21.9. The van der Waals surface area contributed by atoms with Gasteiger partial charge in [0, 0.05) is 0 Å². The molecule has 0 bridgehead atoms. The number of thioether (sulfide) groups is 1. The molecule has 0 spiro atoms. The molecule has 30 heavy (non-hydrogen) atoms. The Labute approximate surface area is 184 Å². The number of carbonyl (C=O) groups is 2. The number of hydrogen-bond acceptors (Lipinski definition) is 7. The Kier molecular flexibility index (Phi) is 7.12. The minimum Gasteiger partial charge on any atom is -0.545 e. The molecule has 6 nitrogen and oxygen atoms in total. The van der Waals surface area contributed by atoms with Crippen LogP contribution < -0.4 is 19.5 Å². The lowest BCUT2D eigenvalue weighted by Gasteiger charge is -2.15. The fourth-order valence-electron chi connectivity index (χ4n) is 2.83. The molecule has 1 amide bonds. The Bertz CT molecular complexity index is 1020. The highest BCUT2D eigenvalue weighted by Crippen LogP contribution is 2.37. The minimum absolute atomic E-state index is 0.0195. The van der Waals surface area contributed by atoms with Crippen LogP contribution in [0.1, 0.15) is 35.7 Å². The third-order valence-corrected chi connectivity index (χ3v) is 5.68. The number of anilines is 1. The average Bonchev–Trinajstić information content (AvgIpc) is 3.02. The molecule has 2 aromatic carbocycles. The summed E-state index contributed by atoms with van der Waals surface area (Å²) in [7, 11) is 1.57. The zero-order chi connectivity index (χ0) is 21.7. The van der Waals surface area contributed by atoms with Crippen LogP contribution in [0.3, 0.4) is 0 Å². The summed E-state index contributed by atoms with van der Waals surface area (Å²) in [5, 5.41) is 11.1. The number of ether oxygens (including phenoxy) is 2.